The first-order chi connectivity index (χ1) is 18.9. The zero-order chi connectivity index (χ0) is 27.1. The van der Waals surface area contributed by atoms with Crippen molar-refractivity contribution >= 4 is 22.8 Å². The van der Waals surface area contributed by atoms with Crippen LogP contribution in [0.2, 0.25) is 0 Å². The summed E-state index contributed by atoms with van der Waals surface area (Å²) < 4.78 is 3.50. The highest BCUT2D eigenvalue weighted by Gasteiger charge is 2.48. The average molecular weight is 523 g/mol. The van der Waals surface area contributed by atoms with E-state index in [-0.39, 0.29) is 5.41 Å². The van der Waals surface area contributed by atoms with Crippen LogP contribution in [0.25, 0.3) is 22.2 Å². The van der Waals surface area contributed by atoms with E-state index < -0.39 is 0 Å². The summed E-state index contributed by atoms with van der Waals surface area (Å²) in [4.78, 5) is 21.8. The molecule has 1 spiro atoms. The summed E-state index contributed by atoms with van der Waals surface area (Å²) in [7, 11) is 1.88. The van der Waals surface area contributed by atoms with E-state index in [1.807, 2.05) is 44.8 Å². The van der Waals surface area contributed by atoms with Crippen molar-refractivity contribution in [1.29, 1.82) is 5.26 Å². The summed E-state index contributed by atoms with van der Waals surface area (Å²) in [6, 6.07) is 4.31. The van der Waals surface area contributed by atoms with E-state index in [0.717, 1.165) is 85.5 Å². The van der Waals surface area contributed by atoms with Crippen LogP contribution in [0.15, 0.2) is 54.7 Å². The molecule has 200 valence electrons. The largest absolute Gasteiger partial charge is 0.360 e. The van der Waals surface area contributed by atoms with E-state index in [2.05, 4.69) is 32.6 Å². The molecule has 1 aliphatic carbocycles. The summed E-state index contributed by atoms with van der Waals surface area (Å²) in [6.45, 7) is 9.82. The molecular weight excluding hydrogens is 488 g/mol. The van der Waals surface area contributed by atoms with E-state index in [0.29, 0.717) is 17.4 Å². The number of allylic oxidation sites excluding steroid dienone is 2. The second-order valence-electron chi connectivity index (χ2n) is 11.3. The molecule has 0 N–H and O–H groups in total. The summed E-state index contributed by atoms with van der Waals surface area (Å²) in [5, 5.41) is 18.4. The molecule has 9 nitrogen and oxygen atoms in total. The van der Waals surface area contributed by atoms with Crippen molar-refractivity contribution in [2.75, 3.05) is 26.2 Å². The molecule has 0 bridgehead atoms. The van der Waals surface area contributed by atoms with Crippen LogP contribution >= 0.6 is 0 Å². The molecule has 3 fully saturated rings. The predicted molar refractivity (Wildman–Crippen MR) is 151 cm³/mol. The lowest BCUT2D eigenvalue weighted by molar-refractivity contribution is -0.153. The Hall–Kier alpha value is -4.19. The van der Waals surface area contributed by atoms with Crippen LogP contribution in [0, 0.1) is 22.7 Å². The first-order valence-electron chi connectivity index (χ1n) is 13.7. The standard InChI is InChI=1S/C30H34N8O/c1-4-22(27-12-24(26-16-33-35(3)17-26)18-38-28(27)25(13-31)15-34-38)14-32-21(2)36-10-8-30(9-11-36)19-37(20-30)29(39)23-6-5-7-23/h4,12,14-18,23H,1,5-11,19-20H2,2-3H3/b22-14+,32-21+. The van der Waals surface area contributed by atoms with Crippen LogP contribution in [0.3, 0.4) is 0 Å². The van der Waals surface area contributed by atoms with Crippen molar-refractivity contribution in [3.8, 4) is 17.2 Å². The van der Waals surface area contributed by atoms with Gasteiger partial charge in [-0.05, 0) is 38.7 Å². The minimum Gasteiger partial charge on any atom is -0.360 e. The molecule has 39 heavy (non-hydrogen) atoms. The van der Waals surface area contributed by atoms with Crippen LogP contribution in [0.5, 0.6) is 0 Å². The molecule has 3 aromatic heterocycles. The second kappa shape index (κ2) is 9.84. The maximum Gasteiger partial charge on any atom is 0.225 e. The summed E-state index contributed by atoms with van der Waals surface area (Å²) in [6.07, 6.45) is 16.4. The van der Waals surface area contributed by atoms with E-state index in [4.69, 9.17) is 4.99 Å². The molecule has 6 rings (SSSR count). The number of rotatable bonds is 5. The van der Waals surface area contributed by atoms with Crippen molar-refractivity contribution < 1.29 is 4.79 Å². The molecule has 0 unspecified atom stereocenters. The number of aromatic nitrogens is 4. The number of carbonyl (C=O) groups excluding carboxylic acids is 1. The van der Waals surface area contributed by atoms with Gasteiger partial charge in [-0.2, -0.15) is 15.5 Å². The van der Waals surface area contributed by atoms with E-state index in [9.17, 15) is 10.1 Å². The molecule has 0 radical (unpaired) electrons. The number of amidine groups is 1. The monoisotopic (exact) mass is 522 g/mol. The maximum atomic E-state index is 12.6. The Balaban J connectivity index is 1.20. The zero-order valence-electron chi connectivity index (χ0n) is 22.7. The summed E-state index contributed by atoms with van der Waals surface area (Å²) in [5.74, 6) is 1.63. The molecule has 0 aromatic carbocycles. The van der Waals surface area contributed by atoms with Gasteiger partial charge in [-0.15, -0.1) is 0 Å². The molecular formula is C30H34N8O. The van der Waals surface area contributed by atoms with Crippen molar-refractivity contribution in [3.63, 3.8) is 0 Å². The Morgan fingerprint density at radius 3 is 2.54 bits per heavy atom. The molecule has 3 aromatic rings. The minimum absolute atomic E-state index is 0.284. The Morgan fingerprint density at radius 2 is 1.92 bits per heavy atom. The fourth-order valence-corrected chi connectivity index (χ4v) is 6.08. The fourth-order valence-electron chi connectivity index (χ4n) is 6.08. The smallest absolute Gasteiger partial charge is 0.225 e. The topological polar surface area (TPSA) is 94.8 Å². The first kappa shape index (κ1) is 25.1. The van der Waals surface area contributed by atoms with Crippen molar-refractivity contribution in [2.45, 2.75) is 39.0 Å². The van der Waals surface area contributed by atoms with Gasteiger partial charge in [0.05, 0.1) is 23.5 Å². The highest BCUT2D eigenvalue weighted by molar-refractivity contribution is 5.90. The molecule has 5 heterocycles. The number of likely N-dealkylation sites (tertiary alicyclic amines) is 2. The van der Waals surface area contributed by atoms with Gasteiger partial charge < -0.3 is 9.80 Å². The zero-order valence-corrected chi connectivity index (χ0v) is 22.7. The Morgan fingerprint density at radius 1 is 1.15 bits per heavy atom. The number of piperidine rings is 1. The number of amides is 1. The number of fused-ring (bicyclic) bond motifs is 1. The van der Waals surface area contributed by atoms with Gasteiger partial charge in [-0.3, -0.25) is 9.48 Å². The van der Waals surface area contributed by atoms with Gasteiger partial charge in [-0.25, -0.2) is 9.51 Å². The summed E-state index contributed by atoms with van der Waals surface area (Å²) in [5.41, 5.74) is 5.09. The van der Waals surface area contributed by atoms with Gasteiger partial charge in [0.2, 0.25) is 5.91 Å². The van der Waals surface area contributed by atoms with Gasteiger partial charge in [0.1, 0.15) is 11.9 Å². The molecule has 0 atom stereocenters. The van der Waals surface area contributed by atoms with Crippen molar-refractivity contribution in [1.82, 2.24) is 29.2 Å². The number of hydrogen-bond donors (Lipinski definition) is 0. The fraction of sp³-hybridized carbons (Fsp3) is 0.433. The molecule has 1 saturated carbocycles. The average Bonchev–Trinajstić information content (AvgIpc) is 3.52. The van der Waals surface area contributed by atoms with E-state index in [1.165, 1.54) is 6.42 Å². The SMILES string of the molecule is C=C/C(=C\N=C(/C)N1CCC2(CC1)CN(C(=O)C1CCC1)C2)c1cc(-c2cnn(C)c2)cn2ncc(C#N)c12. The lowest BCUT2D eigenvalue weighted by Gasteiger charge is -2.55. The molecule has 3 aliphatic rings. The first-order valence-corrected chi connectivity index (χ1v) is 13.7. The maximum absolute atomic E-state index is 12.6. The van der Waals surface area contributed by atoms with E-state index >= 15 is 0 Å². The normalized spacial score (nSPS) is 19.6. The second-order valence-corrected chi connectivity index (χ2v) is 11.3. The van der Waals surface area contributed by atoms with E-state index in [1.54, 1.807) is 21.5 Å². The van der Waals surface area contributed by atoms with Crippen molar-refractivity contribution in [2.24, 2.45) is 23.4 Å². The van der Waals surface area contributed by atoms with Crippen LogP contribution in [-0.2, 0) is 11.8 Å². The number of carbonyl (C=O) groups is 1. The number of aryl methyl sites for hydroxylation is 1. The highest BCUT2D eigenvalue weighted by Crippen LogP contribution is 2.42. The molecule has 2 aliphatic heterocycles. The van der Waals surface area contributed by atoms with Gasteiger partial charge in [-0.1, -0.05) is 19.1 Å². The van der Waals surface area contributed by atoms with Gasteiger partial charge in [0, 0.05) is 85.4 Å². The number of nitrogens with zero attached hydrogens (tertiary/aromatic N) is 8. The quantitative estimate of drug-likeness (QED) is 0.283. The lowest BCUT2D eigenvalue weighted by atomic mass is 9.70. The van der Waals surface area contributed by atoms with Gasteiger partial charge >= 0.3 is 0 Å². The Kier molecular flexibility index (Phi) is 6.34. The van der Waals surface area contributed by atoms with Gasteiger partial charge in [0.25, 0.3) is 0 Å². The predicted octanol–water partition coefficient (Wildman–Crippen LogP) is 4.28. The molecule has 9 heteroatoms. The van der Waals surface area contributed by atoms with Crippen LogP contribution in [0.4, 0.5) is 0 Å². The van der Waals surface area contributed by atoms with Crippen molar-refractivity contribution in [3.05, 3.63) is 60.8 Å². The number of aliphatic imine (C=N–C) groups is 1. The third kappa shape index (κ3) is 4.54. The minimum atomic E-state index is 0.284. The molecule has 2 saturated heterocycles. The molecule has 1 amide bonds. The number of hydrogen-bond acceptors (Lipinski definition) is 5. The third-order valence-electron chi connectivity index (χ3n) is 8.79. The Labute approximate surface area is 228 Å². The third-order valence-corrected chi connectivity index (χ3v) is 8.79. The lowest BCUT2D eigenvalue weighted by Crippen LogP contribution is -2.63. The van der Waals surface area contributed by atoms with Crippen LogP contribution in [-0.4, -0.2) is 67.1 Å². The summed E-state index contributed by atoms with van der Waals surface area (Å²) >= 11 is 0. The van der Waals surface area contributed by atoms with Gasteiger partial charge in [0.15, 0.2) is 0 Å². The van der Waals surface area contributed by atoms with Crippen LogP contribution in [0.1, 0.15) is 50.2 Å². The van der Waals surface area contributed by atoms with Crippen LogP contribution < -0.4 is 0 Å². The Bertz CT molecular complexity index is 1530. The number of pyridine rings is 1. The highest BCUT2D eigenvalue weighted by atomic mass is 16.2. The number of nitriles is 1.